The van der Waals surface area contributed by atoms with Crippen molar-refractivity contribution in [3.8, 4) is 5.75 Å². The highest BCUT2D eigenvalue weighted by molar-refractivity contribution is 14.0. The Hall–Kier alpha value is -1.06. The first-order valence-corrected chi connectivity index (χ1v) is 10.1. The first-order chi connectivity index (χ1) is 13.2. The SMILES string of the molecule is CCOCCCCNC(=NC)NCC(c1cccc(OC)c1)N(CC)CC.I. The van der Waals surface area contributed by atoms with E-state index in [-0.39, 0.29) is 30.0 Å². The summed E-state index contributed by atoms with van der Waals surface area (Å²) < 4.78 is 10.8. The van der Waals surface area contributed by atoms with Crippen LogP contribution in [0, 0.1) is 0 Å². The Morgan fingerprint density at radius 1 is 1.14 bits per heavy atom. The highest BCUT2D eigenvalue weighted by Gasteiger charge is 2.19. The highest BCUT2D eigenvalue weighted by atomic mass is 127. The van der Waals surface area contributed by atoms with Crippen LogP contribution in [0.1, 0.15) is 45.2 Å². The number of rotatable bonds is 13. The number of hydrogen-bond acceptors (Lipinski definition) is 4. The first-order valence-electron chi connectivity index (χ1n) is 10.1. The van der Waals surface area contributed by atoms with Crippen molar-refractivity contribution in [2.24, 2.45) is 4.99 Å². The van der Waals surface area contributed by atoms with Gasteiger partial charge in [0.2, 0.25) is 0 Å². The Morgan fingerprint density at radius 2 is 1.89 bits per heavy atom. The molecule has 1 unspecified atom stereocenters. The number of halogens is 1. The summed E-state index contributed by atoms with van der Waals surface area (Å²) in [6.45, 7) is 11.7. The molecule has 0 saturated carbocycles. The van der Waals surface area contributed by atoms with Crippen molar-refractivity contribution in [3.05, 3.63) is 29.8 Å². The van der Waals surface area contributed by atoms with Crippen LogP contribution < -0.4 is 15.4 Å². The first kappa shape index (κ1) is 26.9. The van der Waals surface area contributed by atoms with E-state index in [4.69, 9.17) is 9.47 Å². The Kier molecular flexibility index (Phi) is 16.2. The van der Waals surface area contributed by atoms with Gasteiger partial charge in [-0.2, -0.15) is 0 Å². The van der Waals surface area contributed by atoms with Crippen LogP contribution >= 0.6 is 24.0 Å². The average molecular weight is 506 g/mol. The summed E-state index contributed by atoms with van der Waals surface area (Å²) in [6, 6.07) is 8.58. The second kappa shape index (κ2) is 16.9. The van der Waals surface area contributed by atoms with Gasteiger partial charge in [0.15, 0.2) is 5.96 Å². The molecule has 7 heteroatoms. The number of benzene rings is 1. The molecule has 6 nitrogen and oxygen atoms in total. The van der Waals surface area contributed by atoms with Crippen LogP contribution in [0.3, 0.4) is 0 Å². The molecule has 0 aliphatic carbocycles. The lowest BCUT2D eigenvalue weighted by Gasteiger charge is -2.31. The maximum Gasteiger partial charge on any atom is 0.191 e. The van der Waals surface area contributed by atoms with Gasteiger partial charge in [-0.3, -0.25) is 9.89 Å². The smallest absolute Gasteiger partial charge is 0.191 e. The number of guanidine groups is 1. The summed E-state index contributed by atoms with van der Waals surface area (Å²) in [5.74, 6) is 1.73. The lowest BCUT2D eigenvalue weighted by atomic mass is 10.0. The zero-order chi connectivity index (χ0) is 19.9. The molecule has 0 spiro atoms. The molecule has 1 aromatic rings. The van der Waals surface area contributed by atoms with E-state index in [0.29, 0.717) is 0 Å². The molecule has 0 aliphatic heterocycles. The Bertz CT molecular complexity index is 539. The molecule has 1 rings (SSSR count). The van der Waals surface area contributed by atoms with E-state index < -0.39 is 0 Å². The fourth-order valence-electron chi connectivity index (χ4n) is 3.07. The van der Waals surface area contributed by atoms with Gasteiger partial charge >= 0.3 is 0 Å². The zero-order valence-electron chi connectivity index (χ0n) is 18.2. The number of nitrogens with zero attached hydrogens (tertiary/aromatic N) is 2. The third-order valence-electron chi connectivity index (χ3n) is 4.63. The van der Waals surface area contributed by atoms with Crippen molar-refractivity contribution < 1.29 is 9.47 Å². The topological polar surface area (TPSA) is 58.1 Å². The van der Waals surface area contributed by atoms with E-state index in [9.17, 15) is 0 Å². The maximum absolute atomic E-state index is 5.41. The van der Waals surface area contributed by atoms with Crippen LogP contribution in [0.4, 0.5) is 0 Å². The van der Waals surface area contributed by atoms with Crippen molar-refractivity contribution in [1.82, 2.24) is 15.5 Å². The summed E-state index contributed by atoms with van der Waals surface area (Å²) in [6.07, 6.45) is 2.12. The van der Waals surface area contributed by atoms with Crippen LogP contribution in [0.2, 0.25) is 0 Å². The summed E-state index contributed by atoms with van der Waals surface area (Å²) >= 11 is 0. The van der Waals surface area contributed by atoms with Gasteiger partial charge in [0.25, 0.3) is 0 Å². The van der Waals surface area contributed by atoms with Gasteiger partial charge in [0.05, 0.1) is 13.2 Å². The molecule has 0 saturated heterocycles. The minimum absolute atomic E-state index is 0. The third kappa shape index (κ3) is 9.93. The average Bonchev–Trinajstić information content (AvgIpc) is 2.71. The number of unbranched alkanes of at least 4 members (excludes halogenated alkanes) is 1. The van der Waals surface area contributed by atoms with Gasteiger partial charge in [-0.05, 0) is 50.6 Å². The van der Waals surface area contributed by atoms with Gasteiger partial charge in [-0.25, -0.2) is 0 Å². The van der Waals surface area contributed by atoms with E-state index in [1.165, 1.54) is 5.56 Å². The van der Waals surface area contributed by atoms with Crippen molar-refractivity contribution in [2.45, 2.75) is 39.7 Å². The van der Waals surface area contributed by atoms with E-state index in [2.05, 4.69) is 52.6 Å². The van der Waals surface area contributed by atoms with Gasteiger partial charge in [0, 0.05) is 33.4 Å². The van der Waals surface area contributed by atoms with Crippen LogP contribution in [-0.2, 0) is 4.74 Å². The molecule has 0 heterocycles. The quantitative estimate of drug-likeness (QED) is 0.185. The Balaban J connectivity index is 0.00000729. The number of ether oxygens (including phenoxy) is 2. The lowest BCUT2D eigenvalue weighted by Crippen LogP contribution is -2.43. The van der Waals surface area contributed by atoms with Crippen molar-refractivity contribution in [2.75, 3.05) is 53.6 Å². The molecular weight excluding hydrogens is 467 g/mol. The fraction of sp³-hybridized carbons (Fsp3) is 0.667. The van der Waals surface area contributed by atoms with Crippen molar-refractivity contribution in [3.63, 3.8) is 0 Å². The molecule has 0 amide bonds. The van der Waals surface area contributed by atoms with E-state index in [1.807, 2.05) is 20.0 Å². The minimum atomic E-state index is 0. The molecule has 0 bridgehead atoms. The van der Waals surface area contributed by atoms with Crippen LogP contribution in [-0.4, -0.2) is 64.4 Å². The van der Waals surface area contributed by atoms with Gasteiger partial charge in [-0.1, -0.05) is 26.0 Å². The van der Waals surface area contributed by atoms with Crippen LogP contribution in [0.25, 0.3) is 0 Å². The van der Waals surface area contributed by atoms with E-state index in [0.717, 1.165) is 63.9 Å². The number of aliphatic imine (C=N–C) groups is 1. The normalized spacial score (nSPS) is 12.4. The maximum atomic E-state index is 5.41. The molecule has 1 aromatic carbocycles. The standard InChI is InChI=1S/C21H38N4O2.HI/c1-6-25(7-2)20(18-12-11-13-19(16-18)26-5)17-24-21(22-4)23-14-9-10-15-27-8-3;/h11-13,16,20H,6-10,14-15,17H2,1-5H3,(H2,22,23,24);1H. The molecular formula is C21H39IN4O2. The number of nitrogens with one attached hydrogen (secondary N) is 2. The highest BCUT2D eigenvalue weighted by Crippen LogP contribution is 2.23. The van der Waals surface area contributed by atoms with Gasteiger partial charge in [-0.15, -0.1) is 24.0 Å². The second-order valence-corrected chi connectivity index (χ2v) is 6.30. The Labute approximate surface area is 188 Å². The predicted molar refractivity (Wildman–Crippen MR) is 129 cm³/mol. The Morgan fingerprint density at radius 3 is 2.50 bits per heavy atom. The van der Waals surface area contributed by atoms with Gasteiger partial charge < -0.3 is 20.1 Å². The van der Waals surface area contributed by atoms with E-state index in [1.54, 1.807) is 7.11 Å². The number of hydrogen-bond donors (Lipinski definition) is 2. The fourth-order valence-corrected chi connectivity index (χ4v) is 3.07. The summed E-state index contributed by atoms with van der Waals surface area (Å²) in [5, 5.41) is 6.87. The monoisotopic (exact) mass is 506 g/mol. The largest absolute Gasteiger partial charge is 0.497 e. The summed E-state index contributed by atoms with van der Waals surface area (Å²) in [7, 11) is 3.52. The molecule has 0 aliphatic rings. The number of methoxy groups -OCH3 is 1. The van der Waals surface area contributed by atoms with Gasteiger partial charge in [0.1, 0.15) is 5.75 Å². The summed E-state index contributed by atoms with van der Waals surface area (Å²) in [5.41, 5.74) is 1.25. The predicted octanol–water partition coefficient (Wildman–Crippen LogP) is 3.68. The third-order valence-corrected chi connectivity index (χ3v) is 4.63. The minimum Gasteiger partial charge on any atom is -0.497 e. The summed E-state index contributed by atoms with van der Waals surface area (Å²) in [4.78, 5) is 6.79. The molecule has 1 atom stereocenters. The molecule has 0 radical (unpaired) electrons. The zero-order valence-corrected chi connectivity index (χ0v) is 20.5. The van der Waals surface area contributed by atoms with E-state index >= 15 is 0 Å². The second-order valence-electron chi connectivity index (χ2n) is 6.30. The van der Waals surface area contributed by atoms with Crippen molar-refractivity contribution >= 4 is 29.9 Å². The molecule has 0 fully saturated rings. The lowest BCUT2D eigenvalue weighted by molar-refractivity contribution is 0.143. The molecule has 2 N–H and O–H groups in total. The molecule has 162 valence electrons. The van der Waals surface area contributed by atoms with Crippen molar-refractivity contribution in [1.29, 1.82) is 0 Å². The molecule has 0 aromatic heterocycles. The van der Waals surface area contributed by atoms with Crippen LogP contribution in [0.15, 0.2) is 29.3 Å². The number of likely N-dealkylation sites (N-methyl/N-ethyl adjacent to an activating group) is 1. The van der Waals surface area contributed by atoms with Crippen LogP contribution in [0.5, 0.6) is 5.75 Å². The molecule has 28 heavy (non-hydrogen) atoms.